The smallest absolute Gasteiger partial charge is 0.252 e. The van der Waals surface area contributed by atoms with Gasteiger partial charge in [0, 0.05) is 13.2 Å². The molecule has 0 N–H and O–H groups in total. The normalized spacial score (nSPS) is 26.8. The number of amides is 1. The molecule has 2 unspecified atom stereocenters. The van der Waals surface area contributed by atoms with Crippen molar-refractivity contribution in [1.82, 2.24) is 4.90 Å². The molecule has 1 amide bonds. The van der Waals surface area contributed by atoms with Crippen LogP contribution in [0.3, 0.4) is 0 Å². The first-order chi connectivity index (χ1) is 10.2. The van der Waals surface area contributed by atoms with Gasteiger partial charge in [-0.15, -0.1) is 0 Å². The van der Waals surface area contributed by atoms with Gasteiger partial charge in [0.15, 0.2) is 11.5 Å². The molecule has 112 valence electrons. The average molecular weight is 289 g/mol. The van der Waals surface area contributed by atoms with Gasteiger partial charge in [0.1, 0.15) is 6.10 Å². The van der Waals surface area contributed by atoms with Crippen molar-refractivity contribution in [1.29, 1.82) is 0 Å². The van der Waals surface area contributed by atoms with Crippen LogP contribution in [0.5, 0.6) is 11.5 Å². The third-order valence-electron chi connectivity index (χ3n) is 4.66. The van der Waals surface area contributed by atoms with Crippen LogP contribution in [0.15, 0.2) is 12.1 Å². The lowest BCUT2D eigenvalue weighted by Crippen LogP contribution is -2.44. The van der Waals surface area contributed by atoms with Gasteiger partial charge in [-0.2, -0.15) is 0 Å². The van der Waals surface area contributed by atoms with Gasteiger partial charge in [-0.25, -0.2) is 0 Å². The lowest BCUT2D eigenvalue weighted by Gasteiger charge is -2.36. The number of ether oxygens (including phenoxy) is 3. The molecule has 5 nitrogen and oxygen atoms in total. The highest BCUT2D eigenvalue weighted by Crippen LogP contribution is 2.40. The number of hydrogen-bond donors (Lipinski definition) is 0. The van der Waals surface area contributed by atoms with Crippen LogP contribution in [0, 0.1) is 0 Å². The molecular formula is C16H19NO4. The molecule has 3 aliphatic heterocycles. The van der Waals surface area contributed by atoms with Gasteiger partial charge in [-0.3, -0.25) is 4.79 Å². The van der Waals surface area contributed by atoms with E-state index in [9.17, 15) is 4.79 Å². The van der Waals surface area contributed by atoms with Gasteiger partial charge in [-0.1, -0.05) is 0 Å². The van der Waals surface area contributed by atoms with E-state index in [0.717, 1.165) is 42.9 Å². The van der Waals surface area contributed by atoms with Crippen molar-refractivity contribution in [2.24, 2.45) is 0 Å². The summed E-state index contributed by atoms with van der Waals surface area (Å²) in [5, 5.41) is 0. The van der Waals surface area contributed by atoms with Crippen molar-refractivity contribution in [2.45, 2.75) is 38.3 Å². The van der Waals surface area contributed by atoms with E-state index in [1.807, 2.05) is 11.0 Å². The monoisotopic (exact) mass is 289 g/mol. The molecule has 0 saturated carbocycles. The van der Waals surface area contributed by atoms with Crippen molar-refractivity contribution in [3.8, 4) is 11.5 Å². The number of hydrogen-bond acceptors (Lipinski definition) is 4. The summed E-state index contributed by atoms with van der Waals surface area (Å²) in [4.78, 5) is 14.5. The van der Waals surface area contributed by atoms with Crippen LogP contribution in [0.2, 0.25) is 0 Å². The van der Waals surface area contributed by atoms with E-state index in [4.69, 9.17) is 14.2 Å². The van der Waals surface area contributed by atoms with E-state index >= 15 is 0 Å². The summed E-state index contributed by atoms with van der Waals surface area (Å²) in [7, 11) is 0. The Balaban J connectivity index is 1.62. The Bertz CT molecular complexity index is 580. The fourth-order valence-electron chi connectivity index (χ4n) is 3.47. The highest BCUT2D eigenvalue weighted by molar-refractivity contribution is 5.82. The highest BCUT2D eigenvalue weighted by Gasteiger charge is 2.35. The van der Waals surface area contributed by atoms with Crippen molar-refractivity contribution >= 4 is 5.91 Å². The fourth-order valence-corrected chi connectivity index (χ4v) is 3.47. The van der Waals surface area contributed by atoms with Gasteiger partial charge in [-0.05, 0) is 49.4 Å². The second-order valence-corrected chi connectivity index (χ2v) is 5.86. The summed E-state index contributed by atoms with van der Waals surface area (Å²) in [5.41, 5.74) is 2.42. The Morgan fingerprint density at radius 3 is 2.86 bits per heavy atom. The van der Waals surface area contributed by atoms with E-state index in [-0.39, 0.29) is 24.8 Å². The maximum Gasteiger partial charge on any atom is 0.252 e. The van der Waals surface area contributed by atoms with E-state index in [0.29, 0.717) is 6.61 Å². The van der Waals surface area contributed by atoms with Gasteiger partial charge < -0.3 is 19.1 Å². The largest absolute Gasteiger partial charge is 0.454 e. The maximum atomic E-state index is 12.6. The summed E-state index contributed by atoms with van der Waals surface area (Å²) in [5.74, 6) is 1.73. The van der Waals surface area contributed by atoms with Crippen LogP contribution in [0.4, 0.5) is 0 Å². The van der Waals surface area contributed by atoms with Crippen LogP contribution >= 0.6 is 0 Å². The van der Waals surface area contributed by atoms with Crippen molar-refractivity contribution in [2.75, 3.05) is 19.9 Å². The Kier molecular flexibility index (Phi) is 3.03. The van der Waals surface area contributed by atoms with Crippen LogP contribution in [-0.2, 0) is 16.0 Å². The standard InChI is InChI=1S/C16H19NO4/c1-10-12-8-15-14(20-9-21-15)7-11(12)4-5-17(10)16(18)13-3-2-6-19-13/h7-8,10,13H,2-6,9H2,1H3. The third-order valence-corrected chi connectivity index (χ3v) is 4.66. The summed E-state index contributed by atoms with van der Waals surface area (Å²) < 4.78 is 16.4. The van der Waals surface area contributed by atoms with Crippen molar-refractivity contribution in [3.05, 3.63) is 23.3 Å². The van der Waals surface area contributed by atoms with Crippen LogP contribution < -0.4 is 9.47 Å². The van der Waals surface area contributed by atoms with Crippen molar-refractivity contribution < 1.29 is 19.0 Å². The summed E-state index contributed by atoms with van der Waals surface area (Å²) in [6, 6.07) is 4.14. The molecule has 1 aromatic carbocycles. The quantitative estimate of drug-likeness (QED) is 0.794. The van der Waals surface area contributed by atoms with Crippen molar-refractivity contribution in [3.63, 3.8) is 0 Å². The number of nitrogens with zero attached hydrogens (tertiary/aromatic N) is 1. The van der Waals surface area contributed by atoms with Gasteiger partial charge in [0.2, 0.25) is 6.79 Å². The number of fused-ring (bicyclic) bond motifs is 2. The Hall–Kier alpha value is -1.75. The topological polar surface area (TPSA) is 48.0 Å². The zero-order chi connectivity index (χ0) is 14.4. The highest BCUT2D eigenvalue weighted by atomic mass is 16.7. The second kappa shape index (κ2) is 4.91. The molecule has 0 bridgehead atoms. The SMILES string of the molecule is CC1c2cc3c(cc2CCN1C(=O)C1CCCO1)OCO3. The average Bonchev–Trinajstić information content (AvgIpc) is 3.16. The minimum Gasteiger partial charge on any atom is -0.454 e. The molecular weight excluding hydrogens is 270 g/mol. The Morgan fingerprint density at radius 1 is 1.29 bits per heavy atom. The molecule has 0 aromatic heterocycles. The predicted molar refractivity (Wildman–Crippen MR) is 75.4 cm³/mol. The molecule has 3 heterocycles. The number of carbonyl (C=O) groups is 1. The molecule has 0 spiro atoms. The summed E-state index contributed by atoms with van der Waals surface area (Å²) >= 11 is 0. The van der Waals surface area contributed by atoms with Gasteiger partial charge in [0.25, 0.3) is 5.91 Å². The third kappa shape index (κ3) is 2.07. The molecule has 21 heavy (non-hydrogen) atoms. The molecule has 1 aromatic rings. The number of carbonyl (C=O) groups excluding carboxylic acids is 1. The van der Waals surface area contributed by atoms with E-state index in [2.05, 4.69) is 13.0 Å². The Morgan fingerprint density at radius 2 is 2.10 bits per heavy atom. The maximum absolute atomic E-state index is 12.6. The zero-order valence-electron chi connectivity index (χ0n) is 12.1. The lowest BCUT2D eigenvalue weighted by atomic mass is 9.92. The first-order valence-corrected chi connectivity index (χ1v) is 7.58. The fraction of sp³-hybridized carbons (Fsp3) is 0.562. The first kappa shape index (κ1) is 13.0. The number of benzene rings is 1. The molecule has 0 aliphatic carbocycles. The zero-order valence-corrected chi connectivity index (χ0v) is 12.1. The molecule has 1 fully saturated rings. The minimum atomic E-state index is -0.247. The molecule has 4 rings (SSSR count). The molecule has 1 saturated heterocycles. The number of rotatable bonds is 1. The van der Waals surface area contributed by atoms with E-state index in [1.165, 1.54) is 5.56 Å². The van der Waals surface area contributed by atoms with Crippen LogP contribution in [0.25, 0.3) is 0 Å². The molecule has 0 radical (unpaired) electrons. The lowest BCUT2D eigenvalue weighted by molar-refractivity contribution is -0.143. The van der Waals surface area contributed by atoms with Crippen LogP contribution in [-0.4, -0.2) is 36.9 Å². The predicted octanol–water partition coefficient (Wildman–Crippen LogP) is 2.04. The van der Waals surface area contributed by atoms with Gasteiger partial charge in [0.05, 0.1) is 6.04 Å². The molecule has 2 atom stereocenters. The first-order valence-electron chi connectivity index (χ1n) is 7.58. The second-order valence-electron chi connectivity index (χ2n) is 5.86. The summed E-state index contributed by atoms with van der Waals surface area (Å²) in [6.07, 6.45) is 2.43. The van der Waals surface area contributed by atoms with E-state index in [1.54, 1.807) is 0 Å². The summed E-state index contributed by atoms with van der Waals surface area (Å²) in [6.45, 7) is 3.80. The Labute approximate surface area is 123 Å². The van der Waals surface area contributed by atoms with Gasteiger partial charge >= 0.3 is 0 Å². The molecule has 5 heteroatoms. The van der Waals surface area contributed by atoms with E-state index < -0.39 is 0 Å². The molecule has 3 aliphatic rings. The van der Waals surface area contributed by atoms with Crippen LogP contribution in [0.1, 0.15) is 36.9 Å². The minimum absolute atomic E-state index is 0.0555.